The van der Waals surface area contributed by atoms with Crippen LogP contribution in [-0.2, 0) is 14.4 Å². The first-order valence-corrected chi connectivity index (χ1v) is 3.49. The number of carbonyl (C=O) groups excluding carboxylic acids is 1. The highest BCUT2D eigenvalue weighted by molar-refractivity contribution is 6.32. The number of aliphatic carboxylic acids is 2. The molecule has 0 saturated heterocycles. The molecule has 0 spiro atoms. The van der Waals surface area contributed by atoms with Crippen LogP contribution in [0.5, 0.6) is 0 Å². The van der Waals surface area contributed by atoms with Crippen molar-refractivity contribution in [3.05, 3.63) is 0 Å². The van der Waals surface area contributed by atoms with Crippen LogP contribution in [0.2, 0.25) is 0 Å². The molecule has 3 N–H and O–H groups in total. The first-order chi connectivity index (χ1) is 5.82. The third kappa shape index (κ3) is 10.6. The van der Waals surface area contributed by atoms with Gasteiger partial charge in [-0.15, -0.1) is 0 Å². The molecular formula is C7H12O6. The minimum Gasteiger partial charge on any atom is -0.479 e. The molecule has 0 amide bonds. The van der Waals surface area contributed by atoms with Gasteiger partial charge in [0.05, 0.1) is 0 Å². The van der Waals surface area contributed by atoms with Gasteiger partial charge in [0.15, 0.2) is 0 Å². The molecular weight excluding hydrogens is 180 g/mol. The molecule has 76 valence electrons. The number of carboxylic acids is 2. The van der Waals surface area contributed by atoms with E-state index in [1.165, 1.54) is 13.8 Å². The minimum absolute atomic E-state index is 0.0787. The van der Waals surface area contributed by atoms with Gasteiger partial charge in [0.25, 0.3) is 0 Å². The zero-order valence-corrected chi connectivity index (χ0v) is 7.35. The zero-order valence-electron chi connectivity index (χ0n) is 7.35. The summed E-state index contributed by atoms with van der Waals surface area (Å²) in [5, 5.41) is 23.6. The smallest absolute Gasteiger partial charge is 0.372 e. The Labute approximate surface area is 74.8 Å². The predicted molar refractivity (Wildman–Crippen MR) is 42.3 cm³/mol. The van der Waals surface area contributed by atoms with Crippen LogP contribution in [-0.4, -0.2) is 39.1 Å². The van der Waals surface area contributed by atoms with Crippen LogP contribution in [0.1, 0.15) is 20.3 Å². The lowest BCUT2D eigenvalue weighted by atomic mass is 10.3. The van der Waals surface area contributed by atoms with Gasteiger partial charge in [-0.3, -0.25) is 4.79 Å². The van der Waals surface area contributed by atoms with Crippen LogP contribution >= 0.6 is 0 Å². The number of hydrogen-bond donors (Lipinski definition) is 3. The molecule has 6 nitrogen and oxygen atoms in total. The highest BCUT2D eigenvalue weighted by atomic mass is 16.4. The van der Waals surface area contributed by atoms with E-state index in [4.69, 9.17) is 15.3 Å². The van der Waals surface area contributed by atoms with Gasteiger partial charge in [-0.1, -0.05) is 6.92 Å². The topological polar surface area (TPSA) is 112 Å². The summed E-state index contributed by atoms with van der Waals surface area (Å²) >= 11 is 0. The number of aliphatic hydroxyl groups is 1. The van der Waals surface area contributed by atoms with Gasteiger partial charge in [-0.05, 0) is 6.92 Å². The van der Waals surface area contributed by atoms with Crippen molar-refractivity contribution in [1.29, 1.82) is 0 Å². The Kier molecular flexibility index (Phi) is 7.85. The highest BCUT2D eigenvalue weighted by Crippen LogP contribution is 1.76. The van der Waals surface area contributed by atoms with Gasteiger partial charge in [0.2, 0.25) is 5.78 Å². The third-order valence-corrected chi connectivity index (χ3v) is 0.917. The SMILES string of the molecule is CC(O)C(=O)O.CCC(=O)C(=O)O. The lowest BCUT2D eigenvalue weighted by Gasteiger charge is -1.89. The third-order valence-electron chi connectivity index (χ3n) is 0.917. The van der Waals surface area contributed by atoms with E-state index in [9.17, 15) is 14.4 Å². The summed E-state index contributed by atoms with van der Waals surface area (Å²) in [7, 11) is 0. The molecule has 0 saturated carbocycles. The van der Waals surface area contributed by atoms with Gasteiger partial charge >= 0.3 is 11.9 Å². The number of carboxylic acid groups (broad SMARTS) is 2. The van der Waals surface area contributed by atoms with E-state index in [1.807, 2.05) is 0 Å². The van der Waals surface area contributed by atoms with E-state index >= 15 is 0 Å². The van der Waals surface area contributed by atoms with Crippen molar-refractivity contribution < 1.29 is 29.7 Å². The number of hydrogen-bond acceptors (Lipinski definition) is 4. The van der Waals surface area contributed by atoms with Gasteiger partial charge < -0.3 is 15.3 Å². The number of carbonyl (C=O) groups is 3. The molecule has 0 radical (unpaired) electrons. The number of ketones is 1. The van der Waals surface area contributed by atoms with Crippen LogP contribution in [0, 0.1) is 0 Å². The van der Waals surface area contributed by atoms with Crippen molar-refractivity contribution in [2.45, 2.75) is 26.4 Å². The molecule has 0 rings (SSSR count). The van der Waals surface area contributed by atoms with Crippen molar-refractivity contribution in [2.75, 3.05) is 0 Å². The van der Waals surface area contributed by atoms with Crippen LogP contribution < -0.4 is 0 Å². The second-order valence-electron chi connectivity index (χ2n) is 2.10. The Hall–Kier alpha value is -1.43. The minimum atomic E-state index is -1.34. The number of Topliss-reactive ketones (excluding diaryl/α,β-unsaturated/α-hetero) is 1. The van der Waals surface area contributed by atoms with E-state index in [-0.39, 0.29) is 6.42 Å². The van der Waals surface area contributed by atoms with E-state index in [2.05, 4.69) is 0 Å². The van der Waals surface area contributed by atoms with Gasteiger partial charge in [-0.25, -0.2) is 9.59 Å². The van der Waals surface area contributed by atoms with Crippen molar-refractivity contribution in [3.63, 3.8) is 0 Å². The molecule has 0 aliphatic carbocycles. The second kappa shape index (κ2) is 7.23. The van der Waals surface area contributed by atoms with Crippen molar-refractivity contribution in [2.24, 2.45) is 0 Å². The molecule has 0 aromatic carbocycles. The second-order valence-corrected chi connectivity index (χ2v) is 2.10. The molecule has 0 aliphatic rings. The average Bonchev–Trinajstić information content (AvgIpc) is 2.03. The Morgan fingerprint density at radius 3 is 1.54 bits per heavy atom. The van der Waals surface area contributed by atoms with Crippen LogP contribution in [0.25, 0.3) is 0 Å². The summed E-state index contributed by atoms with van der Waals surface area (Å²) in [6, 6.07) is 0. The first kappa shape index (κ1) is 14.1. The molecule has 13 heavy (non-hydrogen) atoms. The molecule has 6 heteroatoms. The Morgan fingerprint density at radius 2 is 1.54 bits per heavy atom. The van der Waals surface area contributed by atoms with Crippen LogP contribution in [0.15, 0.2) is 0 Å². The fraction of sp³-hybridized carbons (Fsp3) is 0.571. The summed E-state index contributed by atoms with van der Waals surface area (Å²) < 4.78 is 0. The molecule has 0 bridgehead atoms. The van der Waals surface area contributed by atoms with Crippen molar-refractivity contribution in [3.8, 4) is 0 Å². The average molecular weight is 192 g/mol. The standard InChI is InChI=1S/C4H6O3.C3H6O3/c1-2-3(5)4(6)7;1-2(4)3(5)6/h2H2,1H3,(H,6,7);2,4H,1H3,(H,5,6). The van der Waals surface area contributed by atoms with Crippen LogP contribution in [0.3, 0.4) is 0 Å². The molecule has 1 unspecified atom stereocenters. The highest BCUT2D eigenvalue weighted by Gasteiger charge is 2.05. The van der Waals surface area contributed by atoms with Crippen LogP contribution in [0.4, 0.5) is 0 Å². The van der Waals surface area contributed by atoms with E-state index < -0.39 is 23.8 Å². The maximum Gasteiger partial charge on any atom is 0.372 e. The number of rotatable bonds is 3. The van der Waals surface area contributed by atoms with Crippen molar-refractivity contribution >= 4 is 17.7 Å². The molecule has 0 aliphatic heterocycles. The van der Waals surface area contributed by atoms with Gasteiger partial charge in [-0.2, -0.15) is 0 Å². The van der Waals surface area contributed by atoms with Gasteiger partial charge in [0.1, 0.15) is 6.10 Å². The van der Waals surface area contributed by atoms with Crippen molar-refractivity contribution in [1.82, 2.24) is 0 Å². The summed E-state index contributed by atoms with van der Waals surface area (Å²) in [4.78, 5) is 28.9. The van der Waals surface area contributed by atoms with E-state index in [0.717, 1.165) is 0 Å². The summed E-state index contributed by atoms with van der Waals surface area (Å²) in [6.45, 7) is 2.71. The summed E-state index contributed by atoms with van der Waals surface area (Å²) in [6.07, 6.45) is -1.15. The molecule has 0 fully saturated rings. The Bertz CT molecular complexity index is 195. The normalized spacial score (nSPS) is 10.7. The Morgan fingerprint density at radius 1 is 1.23 bits per heavy atom. The van der Waals surface area contributed by atoms with Gasteiger partial charge in [0, 0.05) is 6.42 Å². The Balaban J connectivity index is 0. The lowest BCUT2D eigenvalue weighted by Crippen LogP contribution is -2.13. The fourth-order valence-electron chi connectivity index (χ4n) is 0.151. The maximum absolute atomic E-state index is 9.91. The monoisotopic (exact) mass is 192 g/mol. The molecule has 0 aromatic rings. The maximum atomic E-state index is 9.91. The van der Waals surface area contributed by atoms with E-state index in [1.54, 1.807) is 0 Å². The molecule has 0 heterocycles. The lowest BCUT2D eigenvalue weighted by molar-refractivity contribution is -0.148. The summed E-state index contributed by atoms with van der Waals surface area (Å²) in [5.41, 5.74) is 0. The zero-order chi connectivity index (χ0) is 11.0. The molecule has 1 atom stereocenters. The number of aliphatic hydroxyl groups excluding tert-OH is 1. The van der Waals surface area contributed by atoms with E-state index in [0.29, 0.717) is 0 Å². The summed E-state index contributed by atoms with van der Waals surface area (Å²) in [5.74, 6) is -3.27. The fourth-order valence-corrected chi connectivity index (χ4v) is 0.151. The predicted octanol–water partition coefficient (Wildman–Crippen LogP) is -0.498. The molecule has 0 aromatic heterocycles. The quantitative estimate of drug-likeness (QED) is 0.520. The first-order valence-electron chi connectivity index (χ1n) is 3.49. The largest absolute Gasteiger partial charge is 0.479 e.